The SMILES string of the molecule is CC1CCC(C)N(C(=O)NC(=O)CC(C)(C)CC(=O)O)C1. The molecule has 1 aliphatic rings. The van der Waals surface area contributed by atoms with Crippen molar-refractivity contribution in [3.8, 4) is 0 Å². The van der Waals surface area contributed by atoms with E-state index < -0.39 is 17.3 Å². The molecule has 1 fully saturated rings. The molecule has 6 nitrogen and oxygen atoms in total. The highest BCUT2D eigenvalue weighted by Crippen LogP contribution is 2.25. The Morgan fingerprint density at radius 2 is 1.81 bits per heavy atom. The zero-order valence-electron chi connectivity index (χ0n) is 13.3. The number of urea groups is 1. The Bertz CT molecular complexity index is 420. The normalized spacial score (nSPS) is 22.8. The van der Waals surface area contributed by atoms with Gasteiger partial charge in [0.15, 0.2) is 0 Å². The quantitative estimate of drug-likeness (QED) is 0.833. The van der Waals surface area contributed by atoms with Crippen LogP contribution in [0.3, 0.4) is 0 Å². The maximum Gasteiger partial charge on any atom is 0.324 e. The number of rotatable bonds is 4. The number of hydrogen-bond donors (Lipinski definition) is 2. The van der Waals surface area contributed by atoms with Crippen molar-refractivity contribution in [2.75, 3.05) is 6.54 Å². The summed E-state index contributed by atoms with van der Waals surface area (Å²) in [6, 6.07) is -0.244. The van der Waals surface area contributed by atoms with Gasteiger partial charge in [0.1, 0.15) is 0 Å². The van der Waals surface area contributed by atoms with Gasteiger partial charge >= 0.3 is 12.0 Å². The van der Waals surface area contributed by atoms with Gasteiger partial charge in [-0.05, 0) is 31.1 Å². The third kappa shape index (κ3) is 5.73. The molecule has 0 aromatic carbocycles. The van der Waals surface area contributed by atoms with Gasteiger partial charge in [0.25, 0.3) is 0 Å². The molecule has 2 N–H and O–H groups in total. The van der Waals surface area contributed by atoms with Gasteiger partial charge in [-0.1, -0.05) is 20.8 Å². The minimum absolute atomic E-state index is 0.0167. The number of nitrogens with zero attached hydrogens (tertiary/aromatic N) is 1. The van der Waals surface area contributed by atoms with E-state index in [0.717, 1.165) is 12.8 Å². The fourth-order valence-corrected chi connectivity index (χ4v) is 2.71. The zero-order valence-corrected chi connectivity index (χ0v) is 13.3. The molecule has 0 aromatic heterocycles. The molecule has 21 heavy (non-hydrogen) atoms. The van der Waals surface area contributed by atoms with Crippen molar-refractivity contribution in [1.82, 2.24) is 10.2 Å². The minimum Gasteiger partial charge on any atom is -0.481 e. The highest BCUT2D eigenvalue weighted by Gasteiger charge is 2.30. The average Bonchev–Trinajstić information content (AvgIpc) is 2.29. The smallest absolute Gasteiger partial charge is 0.324 e. The number of nitrogens with one attached hydrogen (secondary N) is 1. The summed E-state index contributed by atoms with van der Waals surface area (Å²) in [6.45, 7) is 8.13. The van der Waals surface area contributed by atoms with E-state index in [1.165, 1.54) is 0 Å². The van der Waals surface area contributed by atoms with Crippen LogP contribution in [0.5, 0.6) is 0 Å². The molecule has 0 aliphatic carbocycles. The van der Waals surface area contributed by atoms with E-state index in [4.69, 9.17) is 5.11 Å². The predicted octanol–water partition coefficient (Wildman–Crippen LogP) is 2.23. The zero-order chi connectivity index (χ0) is 16.2. The van der Waals surface area contributed by atoms with E-state index in [9.17, 15) is 14.4 Å². The summed E-state index contributed by atoms with van der Waals surface area (Å²) in [4.78, 5) is 36.5. The number of carboxylic acids is 1. The van der Waals surface area contributed by atoms with Gasteiger partial charge < -0.3 is 10.0 Å². The first-order chi connectivity index (χ1) is 9.60. The molecule has 0 bridgehead atoms. The first-order valence-corrected chi connectivity index (χ1v) is 7.43. The molecular weight excluding hydrogens is 272 g/mol. The molecule has 3 amide bonds. The summed E-state index contributed by atoms with van der Waals surface area (Å²) in [5.74, 6) is -0.931. The Kier molecular flexibility index (Phi) is 5.75. The molecule has 2 atom stereocenters. The molecule has 1 heterocycles. The lowest BCUT2D eigenvalue weighted by atomic mass is 9.85. The molecule has 120 valence electrons. The second kappa shape index (κ2) is 6.91. The summed E-state index contributed by atoms with van der Waals surface area (Å²) >= 11 is 0. The van der Waals surface area contributed by atoms with Gasteiger partial charge in [-0.25, -0.2) is 4.79 Å². The number of likely N-dealkylation sites (tertiary alicyclic amines) is 1. The second-order valence-electron chi connectivity index (χ2n) is 6.95. The van der Waals surface area contributed by atoms with Crippen molar-refractivity contribution < 1.29 is 19.5 Å². The Hall–Kier alpha value is -1.59. The van der Waals surface area contributed by atoms with Crippen LogP contribution in [0.25, 0.3) is 0 Å². The molecule has 1 aliphatic heterocycles. The molecule has 0 saturated carbocycles. The Morgan fingerprint density at radius 3 is 2.38 bits per heavy atom. The van der Waals surface area contributed by atoms with E-state index in [1.807, 2.05) is 6.92 Å². The first kappa shape index (κ1) is 17.5. The lowest BCUT2D eigenvalue weighted by molar-refractivity contribution is -0.139. The Labute approximate surface area is 125 Å². The van der Waals surface area contributed by atoms with Crippen LogP contribution in [0.15, 0.2) is 0 Å². The van der Waals surface area contributed by atoms with E-state index in [2.05, 4.69) is 12.2 Å². The lowest BCUT2D eigenvalue weighted by Crippen LogP contribution is -2.51. The van der Waals surface area contributed by atoms with Gasteiger partial charge in [0, 0.05) is 19.0 Å². The highest BCUT2D eigenvalue weighted by atomic mass is 16.4. The largest absolute Gasteiger partial charge is 0.481 e. The number of aliphatic carboxylic acids is 1. The highest BCUT2D eigenvalue weighted by molar-refractivity contribution is 5.94. The molecule has 0 spiro atoms. The number of piperidine rings is 1. The average molecular weight is 298 g/mol. The summed E-state index contributed by atoms with van der Waals surface area (Å²) in [5.41, 5.74) is -0.670. The van der Waals surface area contributed by atoms with Crippen LogP contribution in [0.4, 0.5) is 4.79 Å². The molecule has 1 rings (SSSR count). The van der Waals surface area contributed by atoms with Crippen molar-refractivity contribution in [1.29, 1.82) is 0 Å². The lowest BCUT2D eigenvalue weighted by Gasteiger charge is -2.36. The Balaban J connectivity index is 2.54. The fourth-order valence-electron chi connectivity index (χ4n) is 2.71. The number of carbonyl (C=O) groups excluding carboxylic acids is 2. The number of amides is 3. The molecule has 0 radical (unpaired) electrons. The van der Waals surface area contributed by atoms with Crippen LogP contribution < -0.4 is 5.32 Å². The predicted molar refractivity (Wildman–Crippen MR) is 78.8 cm³/mol. The van der Waals surface area contributed by atoms with Crippen LogP contribution in [-0.2, 0) is 9.59 Å². The van der Waals surface area contributed by atoms with Crippen LogP contribution in [0.2, 0.25) is 0 Å². The van der Waals surface area contributed by atoms with E-state index >= 15 is 0 Å². The fraction of sp³-hybridized carbons (Fsp3) is 0.800. The molecule has 1 saturated heterocycles. The summed E-state index contributed by atoms with van der Waals surface area (Å²) in [6.07, 6.45) is 1.94. The number of carboxylic acid groups (broad SMARTS) is 1. The minimum atomic E-state index is -0.947. The van der Waals surface area contributed by atoms with Crippen molar-refractivity contribution in [2.24, 2.45) is 11.3 Å². The number of carbonyl (C=O) groups is 3. The standard InChI is InChI=1S/C15H26N2O4/c1-10-5-6-11(2)17(9-10)14(21)16-12(18)7-15(3,4)8-13(19)20/h10-11H,5-9H2,1-4H3,(H,19,20)(H,16,18,21). The van der Waals surface area contributed by atoms with Gasteiger partial charge in [-0.2, -0.15) is 0 Å². The second-order valence-corrected chi connectivity index (χ2v) is 6.95. The maximum atomic E-state index is 12.2. The maximum absolute atomic E-state index is 12.2. The van der Waals surface area contributed by atoms with Crippen molar-refractivity contribution in [2.45, 2.75) is 59.4 Å². The van der Waals surface area contributed by atoms with Gasteiger partial charge in [0.2, 0.25) is 5.91 Å². The summed E-state index contributed by atoms with van der Waals surface area (Å²) < 4.78 is 0. The topological polar surface area (TPSA) is 86.7 Å². The van der Waals surface area contributed by atoms with Crippen LogP contribution in [0.1, 0.15) is 53.4 Å². The van der Waals surface area contributed by atoms with E-state index in [0.29, 0.717) is 12.5 Å². The van der Waals surface area contributed by atoms with Crippen molar-refractivity contribution in [3.63, 3.8) is 0 Å². The number of imide groups is 1. The molecule has 2 unspecified atom stereocenters. The van der Waals surface area contributed by atoms with E-state index in [-0.39, 0.29) is 24.9 Å². The van der Waals surface area contributed by atoms with Crippen LogP contribution in [-0.4, -0.2) is 40.5 Å². The number of hydrogen-bond acceptors (Lipinski definition) is 3. The van der Waals surface area contributed by atoms with E-state index in [1.54, 1.807) is 18.7 Å². The molecular formula is C15H26N2O4. The van der Waals surface area contributed by atoms with Gasteiger partial charge in [0.05, 0.1) is 6.42 Å². The summed E-state index contributed by atoms with van der Waals surface area (Å²) in [5, 5.41) is 11.2. The van der Waals surface area contributed by atoms with Crippen molar-refractivity contribution >= 4 is 17.9 Å². The van der Waals surface area contributed by atoms with Crippen LogP contribution in [0, 0.1) is 11.3 Å². The van der Waals surface area contributed by atoms with Crippen LogP contribution >= 0.6 is 0 Å². The first-order valence-electron chi connectivity index (χ1n) is 7.43. The molecule has 6 heteroatoms. The van der Waals surface area contributed by atoms with Crippen molar-refractivity contribution in [3.05, 3.63) is 0 Å². The summed E-state index contributed by atoms with van der Waals surface area (Å²) in [7, 11) is 0. The molecule has 0 aromatic rings. The third-order valence-electron chi connectivity index (χ3n) is 3.89. The third-order valence-corrected chi connectivity index (χ3v) is 3.89. The van der Waals surface area contributed by atoms with Gasteiger partial charge in [-0.15, -0.1) is 0 Å². The Morgan fingerprint density at radius 1 is 1.19 bits per heavy atom. The monoisotopic (exact) mass is 298 g/mol. The van der Waals surface area contributed by atoms with Gasteiger partial charge in [-0.3, -0.25) is 14.9 Å².